The molecule has 0 saturated heterocycles. The molecule has 0 aliphatic carbocycles. The number of halogens is 2. The van der Waals surface area contributed by atoms with E-state index in [0.29, 0.717) is 23.0 Å². The van der Waals surface area contributed by atoms with Crippen LogP contribution in [0.25, 0.3) is 0 Å². The summed E-state index contributed by atoms with van der Waals surface area (Å²) in [5.74, 6) is -1.38. The predicted octanol–water partition coefficient (Wildman–Crippen LogP) is 5.95. The van der Waals surface area contributed by atoms with Crippen molar-refractivity contribution in [1.29, 1.82) is 0 Å². The second-order valence-electron chi connectivity index (χ2n) is 9.95. The Morgan fingerprint density at radius 2 is 1.51 bits per heavy atom. The van der Waals surface area contributed by atoms with Crippen molar-refractivity contribution in [1.82, 2.24) is 10.2 Å². The van der Waals surface area contributed by atoms with Crippen LogP contribution in [0, 0.1) is 5.82 Å². The van der Waals surface area contributed by atoms with E-state index < -0.39 is 34.3 Å². The normalized spacial score (nSPS) is 11.9. The largest absolute Gasteiger partial charge is 0.354 e. The Bertz CT molecular complexity index is 1620. The van der Waals surface area contributed by atoms with Crippen LogP contribution in [-0.4, -0.2) is 44.3 Å². The number of nitrogens with zero attached hydrogens (tertiary/aromatic N) is 2. The Balaban J connectivity index is 1.78. The highest BCUT2D eigenvalue weighted by molar-refractivity contribution is 9.10. The van der Waals surface area contributed by atoms with Crippen LogP contribution < -0.4 is 9.62 Å². The lowest BCUT2D eigenvalue weighted by atomic mass is 10.0. The lowest BCUT2D eigenvalue weighted by molar-refractivity contribution is -0.140. The highest BCUT2D eigenvalue weighted by atomic mass is 79.9. The van der Waals surface area contributed by atoms with Crippen molar-refractivity contribution in [3.05, 3.63) is 131 Å². The summed E-state index contributed by atoms with van der Waals surface area (Å²) < 4.78 is 43.4. The second-order valence-corrected chi connectivity index (χ2v) is 12.7. The van der Waals surface area contributed by atoms with Crippen LogP contribution in [0.5, 0.6) is 0 Å². The van der Waals surface area contributed by atoms with Crippen LogP contribution in [0.2, 0.25) is 0 Å². The van der Waals surface area contributed by atoms with Crippen molar-refractivity contribution in [2.75, 3.05) is 17.4 Å². The number of nitrogens with one attached hydrogen (secondary N) is 1. The summed E-state index contributed by atoms with van der Waals surface area (Å²) in [4.78, 5) is 29.3. The van der Waals surface area contributed by atoms with E-state index in [4.69, 9.17) is 0 Å². The summed E-state index contributed by atoms with van der Waals surface area (Å²) in [6.45, 7) is 1.74. The first-order chi connectivity index (χ1) is 20.7. The smallest absolute Gasteiger partial charge is 0.264 e. The molecule has 0 radical (unpaired) electrons. The maximum absolute atomic E-state index is 14.3. The first-order valence-corrected chi connectivity index (χ1v) is 16.1. The van der Waals surface area contributed by atoms with E-state index in [-0.39, 0.29) is 29.5 Å². The van der Waals surface area contributed by atoms with Crippen molar-refractivity contribution < 1.29 is 22.4 Å². The van der Waals surface area contributed by atoms with Crippen molar-refractivity contribution >= 4 is 43.5 Å². The standard InChI is InChI=1S/C33H33BrFN3O4S/c1-2-20-36-33(40)31(21-25-10-5-3-6-11-25)37(23-26-16-18-28(35)19-17-26)32(39)24-38(29-13-9-12-27(34)22-29)43(41,42)30-14-7-4-8-15-30/h3-19,22,31H,2,20-21,23-24H2,1H3,(H,36,40). The third kappa shape index (κ3) is 8.52. The van der Waals surface area contributed by atoms with E-state index in [0.717, 1.165) is 9.87 Å². The lowest BCUT2D eigenvalue weighted by Crippen LogP contribution is -2.53. The fourth-order valence-electron chi connectivity index (χ4n) is 4.59. The molecular weight excluding hydrogens is 633 g/mol. The minimum absolute atomic E-state index is 0.0226. The molecule has 0 aliphatic heterocycles. The number of hydrogen-bond acceptors (Lipinski definition) is 4. The van der Waals surface area contributed by atoms with Gasteiger partial charge < -0.3 is 10.2 Å². The SMILES string of the molecule is CCCNC(=O)C(Cc1ccccc1)N(Cc1ccc(F)cc1)C(=O)CN(c1cccc(Br)c1)S(=O)(=O)c1ccccc1. The fourth-order valence-corrected chi connectivity index (χ4v) is 6.40. The molecule has 0 spiro atoms. The van der Waals surface area contributed by atoms with Crippen molar-refractivity contribution in [2.45, 2.75) is 37.2 Å². The molecule has 1 N–H and O–H groups in total. The summed E-state index contributed by atoms with van der Waals surface area (Å²) in [6, 6.07) is 28.6. The molecule has 10 heteroatoms. The molecule has 0 bridgehead atoms. The van der Waals surface area contributed by atoms with Crippen LogP contribution in [0.15, 0.2) is 119 Å². The van der Waals surface area contributed by atoms with Gasteiger partial charge in [0.1, 0.15) is 18.4 Å². The van der Waals surface area contributed by atoms with Crippen LogP contribution >= 0.6 is 15.9 Å². The molecule has 43 heavy (non-hydrogen) atoms. The van der Waals surface area contributed by atoms with Gasteiger partial charge in [-0.15, -0.1) is 0 Å². The van der Waals surface area contributed by atoms with Gasteiger partial charge in [-0.05, 0) is 60.0 Å². The van der Waals surface area contributed by atoms with Crippen molar-refractivity contribution in [3.8, 4) is 0 Å². The summed E-state index contributed by atoms with van der Waals surface area (Å²) >= 11 is 3.40. The molecule has 0 aliphatic rings. The van der Waals surface area contributed by atoms with Gasteiger partial charge in [0.25, 0.3) is 10.0 Å². The fraction of sp³-hybridized carbons (Fsp3) is 0.212. The van der Waals surface area contributed by atoms with Gasteiger partial charge in [-0.2, -0.15) is 0 Å². The molecule has 1 unspecified atom stereocenters. The van der Waals surface area contributed by atoms with Gasteiger partial charge in [-0.25, -0.2) is 12.8 Å². The number of sulfonamides is 1. The predicted molar refractivity (Wildman–Crippen MR) is 169 cm³/mol. The highest BCUT2D eigenvalue weighted by Gasteiger charge is 2.34. The molecule has 4 aromatic rings. The average Bonchev–Trinajstić information content (AvgIpc) is 3.02. The van der Waals surface area contributed by atoms with Gasteiger partial charge >= 0.3 is 0 Å². The van der Waals surface area contributed by atoms with Crippen molar-refractivity contribution in [3.63, 3.8) is 0 Å². The molecule has 224 valence electrons. The molecule has 0 aromatic heterocycles. The third-order valence-corrected chi connectivity index (χ3v) is 9.07. The Hall–Kier alpha value is -4.02. The first kappa shape index (κ1) is 31.9. The minimum Gasteiger partial charge on any atom is -0.354 e. The van der Waals surface area contributed by atoms with Crippen LogP contribution in [0.3, 0.4) is 0 Å². The third-order valence-electron chi connectivity index (χ3n) is 6.79. The molecule has 0 fully saturated rings. The number of carbonyl (C=O) groups is 2. The molecule has 0 heterocycles. The van der Waals surface area contributed by atoms with Gasteiger partial charge in [0.15, 0.2) is 0 Å². The van der Waals surface area contributed by atoms with Gasteiger partial charge in [-0.3, -0.25) is 13.9 Å². The second kappa shape index (κ2) is 14.9. The number of carbonyl (C=O) groups excluding carboxylic acids is 2. The number of anilines is 1. The molecule has 4 aromatic carbocycles. The van der Waals surface area contributed by atoms with E-state index in [1.165, 1.54) is 29.2 Å². The monoisotopic (exact) mass is 665 g/mol. The quantitative estimate of drug-likeness (QED) is 0.191. The lowest BCUT2D eigenvalue weighted by Gasteiger charge is -2.34. The molecule has 7 nitrogen and oxygen atoms in total. The Morgan fingerprint density at radius 1 is 0.860 bits per heavy atom. The molecule has 4 rings (SSSR count). The number of benzene rings is 4. The van der Waals surface area contributed by atoms with E-state index in [2.05, 4.69) is 21.2 Å². The van der Waals surface area contributed by atoms with Gasteiger partial charge in [0.05, 0.1) is 10.6 Å². The van der Waals surface area contributed by atoms with E-state index in [1.54, 1.807) is 54.6 Å². The summed E-state index contributed by atoms with van der Waals surface area (Å²) in [7, 11) is -4.18. The summed E-state index contributed by atoms with van der Waals surface area (Å²) in [5, 5.41) is 2.90. The zero-order valence-electron chi connectivity index (χ0n) is 23.7. The molecule has 2 amide bonds. The summed E-state index contributed by atoms with van der Waals surface area (Å²) in [5.41, 5.74) is 1.70. The Kier molecular flexibility index (Phi) is 11.1. The van der Waals surface area contributed by atoms with Crippen molar-refractivity contribution in [2.24, 2.45) is 0 Å². The van der Waals surface area contributed by atoms with E-state index in [9.17, 15) is 22.4 Å². The van der Waals surface area contributed by atoms with E-state index >= 15 is 0 Å². The molecular formula is C33H33BrFN3O4S. The van der Waals surface area contributed by atoms with Crippen LogP contribution in [0.1, 0.15) is 24.5 Å². The topological polar surface area (TPSA) is 86.8 Å². The van der Waals surface area contributed by atoms with Gasteiger partial charge in [0, 0.05) is 24.0 Å². The van der Waals surface area contributed by atoms with E-state index in [1.807, 2.05) is 37.3 Å². The number of rotatable bonds is 13. The summed E-state index contributed by atoms with van der Waals surface area (Å²) in [6.07, 6.45) is 0.896. The Morgan fingerprint density at radius 3 is 2.14 bits per heavy atom. The van der Waals surface area contributed by atoms with Gasteiger partial charge in [-0.1, -0.05) is 89.6 Å². The Labute approximate surface area is 260 Å². The minimum atomic E-state index is -4.18. The van der Waals surface area contributed by atoms with Crippen LogP contribution in [0.4, 0.5) is 10.1 Å². The maximum atomic E-state index is 14.3. The zero-order chi connectivity index (χ0) is 30.8. The molecule has 1 atom stereocenters. The molecule has 0 saturated carbocycles. The highest BCUT2D eigenvalue weighted by Crippen LogP contribution is 2.27. The zero-order valence-corrected chi connectivity index (χ0v) is 26.1. The first-order valence-electron chi connectivity index (χ1n) is 13.9. The number of hydrogen-bond donors (Lipinski definition) is 1. The average molecular weight is 667 g/mol. The van der Waals surface area contributed by atoms with Gasteiger partial charge in [0.2, 0.25) is 11.8 Å². The number of amides is 2. The van der Waals surface area contributed by atoms with Crippen LogP contribution in [-0.2, 0) is 32.6 Å². The maximum Gasteiger partial charge on any atom is 0.264 e.